The summed E-state index contributed by atoms with van der Waals surface area (Å²) in [6.45, 7) is 1.85. The van der Waals surface area contributed by atoms with Crippen LogP contribution in [0, 0.1) is 0 Å². The van der Waals surface area contributed by atoms with Crippen molar-refractivity contribution in [2.75, 3.05) is 12.0 Å². The standard InChI is InChI=1S/C10H12ClNO2S/c1-7(6-15-2)14-10(13)8-4-3-5-12-9(8)11/h3-5,7H,6H2,1-2H3/t7-/m0/s1. The maximum absolute atomic E-state index is 11.6. The van der Waals surface area contributed by atoms with Gasteiger partial charge in [-0.15, -0.1) is 0 Å². The summed E-state index contributed by atoms with van der Waals surface area (Å²) in [5.41, 5.74) is 0.312. The molecule has 0 saturated heterocycles. The summed E-state index contributed by atoms with van der Waals surface area (Å²) in [6, 6.07) is 3.26. The molecule has 0 unspecified atom stereocenters. The smallest absolute Gasteiger partial charge is 0.341 e. The van der Waals surface area contributed by atoms with Crippen molar-refractivity contribution < 1.29 is 9.53 Å². The number of rotatable bonds is 4. The van der Waals surface area contributed by atoms with Crippen LogP contribution in [0.4, 0.5) is 0 Å². The number of aromatic nitrogens is 1. The van der Waals surface area contributed by atoms with E-state index in [4.69, 9.17) is 16.3 Å². The van der Waals surface area contributed by atoms with Crippen LogP contribution in [0.3, 0.4) is 0 Å². The number of carbonyl (C=O) groups is 1. The van der Waals surface area contributed by atoms with E-state index >= 15 is 0 Å². The molecule has 0 amide bonds. The van der Waals surface area contributed by atoms with Gasteiger partial charge in [0.1, 0.15) is 11.3 Å². The maximum atomic E-state index is 11.6. The van der Waals surface area contributed by atoms with Gasteiger partial charge in [-0.05, 0) is 25.3 Å². The molecule has 0 aromatic carbocycles. The van der Waals surface area contributed by atoms with E-state index in [2.05, 4.69) is 4.98 Å². The third-order valence-corrected chi connectivity index (χ3v) is 2.79. The fraction of sp³-hybridized carbons (Fsp3) is 0.400. The molecule has 0 N–H and O–H groups in total. The minimum Gasteiger partial charge on any atom is -0.458 e. The summed E-state index contributed by atoms with van der Waals surface area (Å²) >= 11 is 7.39. The highest BCUT2D eigenvalue weighted by atomic mass is 35.5. The fourth-order valence-electron chi connectivity index (χ4n) is 1.05. The number of nitrogens with zero attached hydrogens (tertiary/aromatic N) is 1. The first-order chi connectivity index (χ1) is 7.15. The lowest BCUT2D eigenvalue weighted by Gasteiger charge is -2.11. The Morgan fingerprint density at radius 2 is 2.47 bits per heavy atom. The van der Waals surface area contributed by atoms with Crippen molar-refractivity contribution >= 4 is 29.3 Å². The average molecular weight is 246 g/mol. The van der Waals surface area contributed by atoms with E-state index in [9.17, 15) is 4.79 Å². The Morgan fingerprint density at radius 1 is 1.73 bits per heavy atom. The van der Waals surface area contributed by atoms with Crippen LogP contribution in [0.25, 0.3) is 0 Å². The predicted molar refractivity (Wildman–Crippen MR) is 62.5 cm³/mol. The Balaban J connectivity index is 2.65. The Morgan fingerprint density at radius 3 is 3.07 bits per heavy atom. The normalized spacial score (nSPS) is 12.2. The number of carbonyl (C=O) groups excluding carboxylic acids is 1. The number of thioether (sulfide) groups is 1. The Labute approximate surface area is 98.2 Å². The number of hydrogen-bond donors (Lipinski definition) is 0. The molecule has 1 aromatic rings. The lowest BCUT2D eigenvalue weighted by Crippen LogP contribution is -2.17. The van der Waals surface area contributed by atoms with Gasteiger partial charge in [-0.3, -0.25) is 0 Å². The van der Waals surface area contributed by atoms with E-state index in [-0.39, 0.29) is 11.3 Å². The quantitative estimate of drug-likeness (QED) is 0.604. The molecule has 0 bridgehead atoms. The van der Waals surface area contributed by atoms with Crippen molar-refractivity contribution in [1.29, 1.82) is 0 Å². The van der Waals surface area contributed by atoms with Crippen molar-refractivity contribution in [2.45, 2.75) is 13.0 Å². The molecule has 0 radical (unpaired) electrons. The van der Waals surface area contributed by atoms with Gasteiger partial charge in [-0.25, -0.2) is 9.78 Å². The highest BCUT2D eigenvalue weighted by Gasteiger charge is 2.14. The molecule has 1 heterocycles. The van der Waals surface area contributed by atoms with Crippen LogP contribution in [0.5, 0.6) is 0 Å². The van der Waals surface area contributed by atoms with Crippen molar-refractivity contribution in [2.24, 2.45) is 0 Å². The van der Waals surface area contributed by atoms with Crippen LogP contribution in [-0.4, -0.2) is 29.1 Å². The van der Waals surface area contributed by atoms with Crippen LogP contribution in [-0.2, 0) is 4.74 Å². The summed E-state index contributed by atoms with van der Waals surface area (Å²) in [5.74, 6) is 0.346. The van der Waals surface area contributed by atoms with E-state index in [1.807, 2.05) is 13.2 Å². The fourth-order valence-corrected chi connectivity index (χ4v) is 1.79. The summed E-state index contributed by atoms with van der Waals surface area (Å²) in [5, 5.41) is 0.179. The molecule has 0 saturated carbocycles. The molecule has 1 atom stereocenters. The van der Waals surface area contributed by atoms with Gasteiger partial charge < -0.3 is 4.74 Å². The van der Waals surface area contributed by atoms with Gasteiger partial charge in [0.25, 0.3) is 0 Å². The van der Waals surface area contributed by atoms with Crippen molar-refractivity contribution in [3.05, 3.63) is 29.0 Å². The SMILES string of the molecule is CSC[C@H](C)OC(=O)c1cccnc1Cl. The zero-order valence-electron chi connectivity index (χ0n) is 8.57. The lowest BCUT2D eigenvalue weighted by atomic mass is 10.3. The average Bonchev–Trinajstić information content (AvgIpc) is 2.18. The molecule has 0 aliphatic heterocycles. The molecule has 0 spiro atoms. The number of ether oxygens (including phenoxy) is 1. The Kier molecular flexibility index (Phi) is 4.91. The van der Waals surface area contributed by atoms with E-state index in [1.54, 1.807) is 23.9 Å². The minimum atomic E-state index is -0.422. The van der Waals surface area contributed by atoms with E-state index in [0.29, 0.717) is 5.56 Å². The van der Waals surface area contributed by atoms with Gasteiger partial charge in [0.05, 0.1) is 5.56 Å². The first-order valence-electron chi connectivity index (χ1n) is 4.45. The van der Waals surface area contributed by atoms with Crippen LogP contribution < -0.4 is 0 Å². The molecular formula is C10H12ClNO2S. The maximum Gasteiger partial charge on any atom is 0.341 e. The second-order valence-electron chi connectivity index (χ2n) is 3.01. The molecule has 1 aromatic heterocycles. The minimum absolute atomic E-state index is 0.122. The lowest BCUT2D eigenvalue weighted by molar-refractivity contribution is 0.0386. The monoisotopic (exact) mass is 245 g/mol. The van der Waals surface area contributed by atoms with Crippen molar-refractivity contribution in [3.8, 4) is 0 Å². The highest BCUT2D eigenvalue weighted by molar-refractivity contribution is 7.98. The Hall–Kier alpha value is -0.740. The molecule has 1 rings (SSSR count). The van der Waals surface area contributed by atoms with Crippen molar-refractivity contribution in [1.82, 2.24) is 4.98 Å². The Bertz CT molecular complexity index is 346. The molecule has 82 valence electrons. The summed E-state index contributed by atoms with van der Waals surface area (Å²) in [4.78, 5) is 15.4. The number of halogens is 1. The topological polar surface area (TPSA) is 39.2 Å². The van der Waals surface area contributed by atoms with Crippen LogP contribution in [0.15, 0.2) is 18.3 Å². The molecule has 0 aliphatic rings. The number of esters is 1. The van der Waals surface area contributed by atoms with E-state index < -0.39 is 5.97 Å². The number of pyridine rings is 1. The van der Waals surface area contributed by atoms with Crippen LogP contribution >= 0.6 is 23.4 Å². The van der Waals surface area contributed by atoms with Crippen LogP contribution in [0.1, 0.15) is 17.3 Å². The first-order valence-corrected chi connectivity index (χ1v) is 6.22. The van der Waals surface area contributed by atoms with Gasteiger partial charge in [0.15, 0.2) is 0 Å². The second kappa shape index (κ2) is 5.98. The molecular weight excluding hydrogens is 234 g/mol. The van der Waals surface area contributed by atoms with Gasteiger partial charge in [0, 0.05) is 11.9 Å². The predicted octanol–water partition coefficient (Wildman–Crippen LogP) is 2.64. The third kappa shape index (κ3) is 3.72. The zero-order valence-corrected chi connectivity index (χ0v) is 10.1. The second-order valence-corrected chi connectivity index (χ2v) is 4.28. The zero-order chi connectivity index (χ0) is 11.3. The molecule has 0 aliphatic carbocycles. The van der Waals surface area contributed by atoms with E-state index in [0.717, 1.165) is 5.75 Å². The van der Waals surface area contributed by atoms with E-state index in [1.165, 1.54) is 6.20 Å². The number of hydrogen-bond acceptors (Lipinski definition) is 4. The van der Waals surface area contributed by atoms with Gasteiger partial charge in [0.2, 0.25) is 0 Å². The molecule has 0 fully saturated rings. The third-order valence-electron chi connectivity index (χ3n) is 1.69. The summed E-state index contributed by atoms with van der Waals surface area (Å²) < 4.78 is 5.17. The largest absolute Gasteiger partial charge is 0.458 e. The van der Waals surface area contributed by atoms with Crippen LogP contribution in [0.2, 0.25) is 5.15 Å². The van der Waals surface area contributed by atoms with Crippen molar-refractivity contribution in [3.63, 3.8) is 0 Å². The molecule has 15 heavy (non-hydrogen) atoms. The molecule has 3 nitrogen and oxygen atoms in total. The highest BCUT2D eigenvalue weighted by Crippen LogP contribution is 2.14. The summed E-state index contributed by atoms with van der Waals surface area (Å²) in [7, 11) is 0. The first kappa shape index (κ1) is 12.3. The molecule has 5 heteroatoms. The van der Waals surface area contributed by atoms with Gasteiger partial charge in [-0.1, -0.05) is 11.6 Å². The van der Waals surface area contributed by atoms with Gasteiger partial charge in [-0.2, -0.15) is 11.8 Å². The van der Waals surface area contributed by atoms with Gasteiger partial charge >= 0.3 is 5.97 Å². The summed E-state index contributed by atoms with van der Waals surface area (Å²) in [6.07, 6.45) is 3.37.